The van der Waals surface area contributed by atoms with E-state index in [0.29, 0.717) is 5.75 Å². The first-order valence-electron chi connectivity index (χ1n) is 6.62. The third-order valence-corrected chi connectivity index (χ3v) is 3.25. The summed E-state index contributed by atoms with van der Waals surface area (Å²) in [6, 6.07) is 10.2. The van der Waals surface area contributed by atoms with Gasteiger partial charge in [0.05, 0.1) is 11.3 Å². The molecule has 1 N–H and O–H groups in total. The molecule has 0 aliphatic rings. The van der Waals surface area contributed by atoms with E-state index in [4.69, 9.17) is 16.3 Å². The number of aryl methyl sites for hydroxylation is 1. The van der Waals surface area contributed by atoms with E-state index in [2.05, 4.69) is 5.32 Å². The van der Waals surface area contributed by atoms with E-state index >= 15 is 0 Å². The van der Waals surface area contributed by atoms with Gasteiger partial charge < -0.3 is 10.1 Å². The van der Waals surface area contributed by atoms with Gasteiger partial charge in [0, 0.05) is 5.02 Å². The molecule has 0 atom stereocenters. The number of amides is 1. The van der Waals surface area contributed by atoms with Crippen molar-refractivity contribution in [2.24, 2.45) is 0 Å². The van der Waals surface area contributed by atoms with E-state index < -0.39 is 24.3 Å². The Labute approximate surface area is 136 Å². The number of hydrogen-bond acceptors (Lipinski definition) is 2. The number of ether oxygens (including phenoxy) is 1. The van der Waals surface area contributed by atoms with Crippen LogP contribution >= 0.6 is 11.6 Å². The summed E-state index contributed by atoms with van der Waals surface area (Å²) in [6.45, 7) is 1.40. The van der Waals surface area contributed by atoms with Gasteiger partial charge in [-0.2, -0.15) is 13.2 Å². The van der Waals surface area contributed by atoms with Crippen LogP contribution < -0.4 is 10.1 Å². The molecule has 0 spiro atoms. The molecule has 0 heterocycles. The third-order valence-electron chi connectivity index (χ3n) is 3.01. The number of carbonyl (C=O) groups excluding carboxylic acids is 1. The number of carbonyl (C=O) groups is 1. The first-order chi connectivity index (χ1) is 10.8. The predicted molar refractivity (Wildman–Crippen MR) is 81.8 cm³/mol. The molecule has 2 aromatic rings. The maximum absolute atomic E-state index is 12.9. The lowest BCUT2D eigenvalue weighted by molar-refractivity contribution is -0.137. The molecule has 7 heteroatoms. The number of benzene rings is 2. The van der Waals surface area contributed by atoms with Crippen LogP contribution in [0.25, 0.3) is 0 Å². The lowest BCUT2D eigenvalue weighted by Gasteiger charge is -2.14. The number of alkyl halides is 3. The summed E-state index contributed by atoms with van der Waals surface area (Å²) >= 11 is 5.58. The van der Waals surface area contributed by atoms with Crippen molar-refractivity contribution in [1.82, 2.24) is 0 Å². The van der Waals surface area contributed by atoms with E-state index in [0.717, 1.165) is 17.7 Å². The van der Waals surface area contributed by atoms with Crippen LogP contribution in [0.15, 0.2) is 42.5 Å². The van der Waals surface area contributed by atoms with Crippen molar-refractivity contribution < 1.29 is 22.7 Å². The number of nitrogens with one attached hydrogen (secondary N) is 1. The minimum atomic E-state index is -4.62. The quantitative estimate of drug-likeness (QED) is 0.875. The molecule has 0 fully saturated rings. The number of hydrogen-bond donors (Lipinski definition) is 1. The van der Waals surface area contributed by atoms with Gasteiger partial charge in [-0.15, -0.1) is 0 Å². The Morgan fingerprint density at radius 1 is 1.22 bits per heavy atom. The number of halogens is 4. The fourth-order valence-corrected chi connectivity index (χ4v) is 2.08. The van der Waals surface area contributed by atoms with Gasteiger partial charge in [-0.05, 0) is 36.8 Å². The minimum absolute atomic E-state index is 0.0634. The van der Waals surface area contributed by atoms with E-state index in [1.165, 1.54) is 6.07 Å². The second-order valence-corrected chi connectivity index (χ2v) is 5.23. The Balaban J connectivity index is 2.08. The van der Waals surface area contributed by atoms with E-state index in [9.17, 15) is 18.0 Å². The largest absolute Gasteiger partial charge is 0.483 e. The third kappa shape index (κ3) is 4.63. The second kappa shape index (κ2) is 6.91. The van der Waals surface area contributed by atoms with Gasteiger partial charge in [0.1, 0.15) is 5.75 Å². The van der Waals surface area contributed by atoms with Crippen LogP contribution in [0.3, 0.4) is 0 Å². The zero-order chi connectivity index (χ0) is 17.0. The summed E-state index contributed by atoms with van der Waals surface area (Å²) in [5.74, 6) is -0.198. The molecule has 0 aliphatic heterocycles. The van der Waals surface area contributed by atoms with Crippen LogP contribution in [0, 0.1) is 6.92 Å². The Kier molecular flexibility index (Phi) is 5.15. The van der Waals surface area contributed by atoms with E-state index in [-0.39, 0.29) is 10.7 Å². The zero-order valence-electron chi connectivity index (χ0n) is 12.1. The zero-order valence-corrected chi connectivity index (χ0v) is 12.8. The lowest BCUT2D eigenvalue weighted by Crippen LogP contribution is -2.22. The van der Waals surface area contributed by atoms with E-state index in [1.807, 2.05) is 6.07 Å². The highest BCUT2D eigenvalue weighted by Gasteiger charge is 2.34. The molecule has 0 unspecified atom stereocenters. The topological polar surface area (TPSA) is 38.3 Å². The fourth-order valence-electron chi connectivity index (χ4n) is 1.91. The molecule has 0 radical (unpaired) electrons. The summed E-state index contributed by atoms with van der Waals surface area (Å²) in [5.41, 5.74) is -0.544. The molecule has 0 saturated carbocycles. The SMILES string of the molecule is Cc1ccccc1OCC(=O)Nc1ccc(Cl)cc1C(F)(F)F. The highest BCUT2D eigenvalue weighted by atomic mass is 35.5. The van der Waals surface area contributed by atoms with Gasteiger partial charge in [-0.25, -0.2) is 0 Å². The number of rotatable bonds is 4. The fraction of sp³-hybridized carbons (Fsp3) is 0.188. The average Bonchev–Trinajstić information content (AvgIpc) is 2.47. The van der Waals surface area contributed by atoms with Gasteiger partial charge in [-0.1, -0.05) is 29.8 Å². The molecule has 1 amide bonds. The molecule has 0 aromatic heterocycles. The van der Waals surface area contributed by atoms with Gasteiger partial charge in [0.2, 0.25) is 0 Å². The molecule has 23 heavy (non-hydrogen) atoms. The second-order valence-electron chi connectivity index (χ2n) is 4.79. The minimum Gasteiger partial charge on any atom is -0.483 e. The van der Waals surface area contributed by atoms with Gasteiger partial charge in [0.25, 0.3) is 5.91 Å². The van der Waals surface area contributed by atoms with Gasteiger partial charge >= 0.3 is 6.18 Å². The molecule has 122 valence electrons. The molecule has 0 bridgehead atoms. The standard InChI is InChI=1S/C16H13ClF3NO2/c1-10-4-2-3-5-14(10)23-9-15(22)21-13-7-6-11(17)8-12(13)16(18,19)20/h2-8H,9H2,1H3,(H,21,22). The predicted octanol–water partition coefficient (Wildman–Crippen LogP) is 4.68. The first-order valence-corrected chi connectivity index (χ1v) is 7.00. The van der Waals surface area contributed by atoms with Crippen LogP contribution in [0.4, 0.5) is 18.9 Å². The monoisotopic (exact) mass is 343 g/mol. The summed E-state index contributed by atoms with van der Waals surface area (Å²) in [6.07, 6.45) is -4.62. The summed E-state index contributed by atoms with van der Waals surface area (Å²) in [7, 11) is 0. The molecule has 0 aliphatic carbocycles. The normalized spacial score (nSPS) is 11.2. The van der Waals surface area contributed by atoms with Crippen LogP contribution in [0.5, 0.6) is 5.75 Å². The van der Waals surface area contributed by atoms with Crippen molar-refractivity contribution in [3.63, 3.8) is 0 Å². The van der Waals surface area contributed by atoms with Crippen molar-refractivity contribution in [2.45, 2.75) is 13.1 Å². The first kappa shape index (κ1) is 17.1. The Hall–Kier alpha value is -2.21. The van der Waals surface area contributed by atoms with Crippen LogP contribution in [-0.2, 0) is 11.0 Å². The van der Waals surface area contributed by atoms with Crippen LogP contribution in [0.1, 0.15) is 11.1 Å². The molecule has 0 saturated heterocycles. The summed E-state index contributed by atoms with van der Waals surface area (Å²) in [5, 5.41) is 2.13. The molecule has 3 nitrogen and oxygen atoms in total. The van der Waals surface area contributed by atoms with Crippen molar-refractivity contribution >= 4 is 23.2 Å². The van der Waals surface area contributed by atoms with E-state index in [1.54, 1.807) is 25.1 Å². The van der Waals surface area contributed by atoms with Crippen molar-refractivity contribution in [1.29, 1.82) is 0 Å². The average molecular weight is 344 g/mol. The number of para-hydroxylation sites is 1. The maximum Gasteiger partial charge on any atom is 0.418 e. The van der Waals surface area contributed by atoms with Crippen molar-refractivity contribution in [3.05, 3.63) is 58.6 Å². The van der Waals surface area contributed by atoms with Crippen molar-refractivity contribution in [3.8, 4) is 5.75 Å². The Morgan fingerprint density at radius 2 is 1.91 bits per heavy atom. The van der Waals surface area contributed by atoms with Crippen LogP contribution in [-0.4, -0.2) is 12.5 Å². The van der Waals surface area contributed by atoms with Crippen molar-refractivity contribution in [2.75, 3.05) is 11.9 Å². The van der Waals surface area contributed by atoms with Gasteiger partial charge in [0.15, 0.2) is 6.61 Å². The molecular weight excluding hydrogens is 331 g/mol. The maximum atomic E-state index is 12.9. The Bertz CT molecular complexity index is 717. The summed E-state index contributed by atoms with van der Waals surface area (Å²) < 4.78 is 44.1. The highest BCUT2D eigenvalue weighted by molar-refractivity contribution is 6.30. The molecule has 2 rings (SSSR count). The van der Waals surface area contributed by atoms with Crippen LogP contribution in [0.2, 0.25) is 5.02 Å². The molecular formula is C16H13ClF3NO2. The van der Waals surface area contributed by atoms with Gasteiger partial charge in [-0.3, -0.25) is 4.79 Å². The lowest BCUT2D eigenvalue weighted by atomic mass is 10.1. The smallest absolute Gasteiger partial charge is 0.418 e. The highest BCUT2D eigenvalue weighted by Crippen LogP contribution is 2.36. The summed E-state index contributed by atoms with van der Waals surface area (Å²) in [4.78, 5) is 11.8. The molecule has 2 aromatic carbocycles. The number of anilines is 1. The Morgan fingerprint density at radius 3 is 2.57 bits per heavy atom.